The normalized spacial score (nSPS) is 14.2. The highest BCUT2D eigenvalue weighted by Gasteiger charge is 1.99. The maximum Gasteiger partial charge on any atom is 0.159 e. The SMILES string of the molecule is O=S(O)CC(Cl)=Nc1ccccc1. The molecule has 0 saturated carbocycles. The van der Waals surface area contributed by atoms with Crippen LogP contribution in [-0.2, 0) is 11.1 Å². The zero-order valence-electron chi connectivity index (χ0n) is 6.68. The minimum atomic E-state index is -1.93. The summed E-state index contributed by atoms with van der Waals surface area (Å²) in [5.74, 6) is -0.129. The molecule has 1 rings (SSSR count). The Balaban J connectivity index is 2.71. The summed E-state index contributed by atoms with van der Waals surface area (Å²) in [6, 6.07) is 9.03. The summed E-state index contributed by atoms with van der Waals surface area (Å²) in [7, 11) is 0. The molecule has 0 aliphatic heterocycles. The molecule has 0 amide bonds. The Morgan fingerprint density at radius 1 is 1.46 bits per heavy atom. The summed E-state index contributed by atoms with van der Waals surface area (Å²) in [5, 5.41) is 0.132. The molecule has 0 radical (unpaired) electrons. The van der Waals surface area contributed by atoms with Gasteiger partial charge >= 0.3 is 0 Å². The van der Waals surface area contributed by atoms with Crippen molar-refractivity contribution in [2.45, 2.75) is 0 Å². The zero-order chi connectivity index (χ0) is 9.68. The molecule has 0 spiro atoms. The van der Waals surface area contributed by atoms with Gasteiger partial charge in [0.25, 0.3) is 0 Å². The molecule has 5 heteroatoms. The van der Waals surface area contributed by atoms with Crippen LogP contribution in [0.1, 0.15) is 0 Å². The highest BCUT2D eigenvalue weighted by molar-refractivity contribution is 7.80. The van der Waals surface area contributed by atoms with Crippen LogP contribution in [-0.4, -0.2) is 19.7 Å². The van der Waals surface area contributed by atoms with Gasteiger partial charge in [0.05, 0.1) is 5.69 Å². The third-order valence-electron chi connectivity index (χ3n) is 1.25. The van der Waals surface area contributed by atoms with Gasteiger partial charge in [0.1, 0.15) is 10.9 Å². The fraction of sp³-hybridized carbons (Fsp3) is 0.125. The molecule has 3 nitrogen and oxygen atoms in total. The molecule has 1 atom stereocenters. The number of nitrogens with zero attached hydrogens (tertiary/aromatic N) is 1. The van der Waals surface area contributed by atoms with Gasteiger partial charge in [-0.05, 0) is 12.1 Å². The van der Waals surface area contributed by atoms with Gasteiger partial charge in [-0.3, -0.25) is 0 Å². The molecule has 13 heavy (non-hydrogen) atoms. The fourth-order valence-corrected chi connectivity index (χ4v) is 1.42. The van der Waals surface area contributed by atoms with Crippen molar-refractivity contribution in [2.75, 3.05) is 5.75 Å². The smallest absolute Gasteiger partial charge is 0.159 e. The molecule has 0 aliphatic rings. The van der Waals surface area contributed by atoms with Crippen LogP contribution < -0.4 is 0 Å². The summed E-state index contributed by atoms with van der Waals surface area (Å²) >= 11 is 3.68. The summed E-state index contributed by atoms with van der Waals surface area (Å²) in [4.78, 5) is 3.93. The first-order chi connectivity index (χ1) is 6.18. The molecule has 1 aromatic carbocycles. The van der Waals surface area contributed by atoms with Crippen molar-refractivity contribution in [3.8, 4) is 0 Å². The lowest BCUT2D eigenvalue weighted by Gasteiger charge is -1.94. The van der Waals surface area contributed by atoms with E-state index >= 15 is 0 Å². The Morgan fingerprint density at radius 3 is 2.62 bits per heavy atom. The molecule has 0 aliphatic carbocycles. The monoisotopic (exact) mass is 217 g/mol. The zero-order valence-corrected chi connectivity index (χ0v) is 8.26. The molecule has 1 N–H and O–H groups in total. The first-order valence-corrected chi connectivity index (χ1v) is 5.19. The van der Waals surface area contributed by atoms with Gasteiger partial charge in [-0.25, -0.2) is 9.20 Å². The van der Waals surface area contributed by atoms with Gasteiger partial charge in [-0.1, -0.05) is 29.8 Å². The maximum atomic E-state index is 10.3. The summed E-state index contributed by atoms with van der Waals surface area (Å²) in [6.07, 6.45) is 0. The van der Waals surface area contributed by atoms with E-state index in [1.54, 1.807) is 12.1 Å². The van der Waals surface area contributed by atoms with Crippen LogP contribution in [0.3, 0.4) is 0 Å². The molecule has 0 bridgehead atoms. The third kappa shape index (κ3) is 4.17. The van der Waals surface area contributed by atoms with Crippen molar-refractivity contribution >= 4 is 33.5 Å². The number of rotatable bonds is 3. The first kappa shape index (κ1) is 10.4. The Kier molecular flexibility index (Phi) is 4.08. The molecular formula is C8H8ClNO2S. The minimum absolute atomic E-state index is 0.129. The number of halogens is 1. The lowest BCUT2D eigenvalue weighted by molar-refractivity contribution is 0.569. The van der Waals surface area contributed by atoms with Crippen LogP contribution in [0.5, 0.6) is 0 Å². The van der Waals surface area contributed by atoms with E-state index in [4.69, 9.17) is 16.2 Å². The number of aliphatic imine (C=N–C) groups is 1. The van der Waals surface area contributed by atoms with Crippen molar-refractivity contribution in [3.63, 3.8) is 0 Å². The lowest BCUT2D eigenvalue weighted by Crippen LogP contribution is -2.02. The van der Waals surface area contributed by atoms with Gasteiger partial charge in [0.15, 0.2) is 11.1 Å². The maximum absolute atomic E-state index is 10.3. The molecule has 70 valence electrons. The standard InChI is InChI=1S/C8H8ClNO2S/c9-8(6-13(11)12)10-7-4-2-1-3-5-7/h1-5H,6H2,(H,11,12). The fourth-order valence-electron chi connectivity index (χ4n) is 0.777. The van der Waals surface area contributed by atoms with E-state index in [1.807, 2.05) is 18.2 Å². The van der Waals surface area contributed by atoms with E-state index in [-0.39, 0.29) is 10.9 Å². The number of benzene rings is 1. The Bertz CT molecular complexity index is 326. The van der Waals surface area contributed by atoms with E-state index in [2.05, 4.69) is 4.99 Å². The van der Waals surface area contributed by atoms with E-state index in [0.717, 1.165) is 0 Å². The van der Waals surface area contributed by atoms with Crippen LogP contribution >= 0.6 is 11.6 Å². The molecule has 0 aromatic heterocycles. The van der Waals surface area contributed by atoms with Crippen LogP contribution in [0.4, 0.5) is 5.69 Å². The van der Waals surface area contributed by atoms with Gasteiger partial charge in [-0.15, -0.1) is 0 Å². The summed E-state index contributed by atoms with van der Waals surface area (Å²) < 4.78 is 18.9. The predicted molar refractivity (Wildman–Crippen MR) is 55.0 cm³/mol. The highest BCUT2D eigenvalue weighted by Crippen LogP contribution is 2.11. The lowest BCUT2D eigenvalue weighted by atomic mass is 10.3. The number of hydrogen-bond acceptors (Lipinski definition) is 2. The topological polar surface area (TPSA) is 49.7 Å². The van der Waals surface area contributed by atoms with E-state index < -0.39 is 11.1 Å². The van der Waals surface area contributed by atoms with Gasteiger partial charge in [-0.2, -0.15) is 0 Å². The minimum Gasteiger partial charge on any atom is -0.306 e. The van der Waals surface area contributed by atoms with Crippen molar-refractivity contribution < 1.29 is 8.76 Å². The van der Waals surface area contributed by atoms with Crippen molar-refractivity contribution in [3.05, 3.63) is 30.3 Å². The van der Waals surface area contributed by atoms with Crippen molar-refractivity contribution in [2.24, 2.45) is 4.99 Å². The quantitative estimate of drug-likeness (QED) is 0.623. The molecular weight excluding hydrogens is 210 g/mol. The van der Waals surface area contributed by atoms with Gasteiger partial charge in [0, 0.05) is 0 Å². The van der Waals surface area contributed by atoms with Gasteiger partial charge in [0.2, 0.25) is 0 Å². The van der Waals surface area contributed by atoms with Crippen LogP contribution in [0, 0.1) is 0 Å². The second-order valence-corrected chi connectivity index (χ2v) is 3.66. The highest BCUT2D eigenvalue weighted by atomic mass is 35.5. The average molecular weight is 218 g/mol. The second-order valence-electron chi connectivity index (χ2n) is 2.29. The molecule has 0 saturated heterocycles. The molecule has 0 fully saturated rings. The van der Waals surface area contributed by atoms with E-state index in [1.165, 1.54) is 0 Å². The van der Waals surface area contributed by atoms with Crippen LogP contribution in [0.25, 0.3) is 0 Å². The van der Waals surface area contributed by atoms with Crippen molar-refractivity contribution in [1.82, 2.24) is 0 Å². The van der Waals surface area contributed by atoms with Crippen molar-refractivity contribution in [1.29, 1.82) is 0 Å². The largest absolute Gasteiger partial charge is 0.306 e. The third-order valence-corrected chi connectivity index (χ3v) is 2.15. The Hall–Kier alpha value is -0.710. The van der Waals surface area contributed by atoms with Gasteiger partial charge < -0.3 is 4.55 Å². The molecule has 0 heterocycles. The van der Waals surface area contributed by atoms with E-state index in [0.29, 0.717) is 5.69 Å². The average Bonchev–Trinajstić information content (AvgIpc) is 2.04. The molecule has 1 unspecified atom stereocenters. The molecule has 1 aromatic rings. The Labute approximate surface area is 83.7 Å². The second kappa shape index (κ2) is 5.11. The summed E-state index contributed by atoms with van der Waals surface area (Å²) in [5.41, 5.74) is 0.679. The number of hydrogen-bond donors (Lipinski definition) is 1. The van der Waals surface area contributed by atoms with Crippen LogP contribution in [0.15, 0.2) is 35.3 Å². The Morgan fingerprint density at radius 2 is 2.08 bits per heavy atom. The summed E-state index contributed by atoms with van der Waals surface area (Å²) in [6.45, 7) is 0. The predicted octanol–water partition coefficient (Wildman–Crippen LogP) is 2.18. The van der Waals surface area contributed by atoms with E-state index in [9.17, 15) is 4.21 Å². The number of para-hydroxylation sites is 1. The first-order valence-electron chi connectivity index (χ1n) is 3.54. The van der Waals surface area contributed by atoms with Crippen LogP contribution in [0.2, 0.25) is 0 Å².